The van der Waals surface area contributed by atoms with Gasteiger partial charge in [0.25, 0.3) is 0 Å². The largest absolute Gasteiger partial charge is 0.481 e. The molecule has 2 nitrogen and oxygen atoms in total. The van der Waals surface area contributed by atoms with E-state index in [0.29, 0.717) is 0 Å². The van der Waals surface area contributed by atoms with E-state index >= 15 is 0 Å². The Balaban J connectivity index is 3.11. The molecule has 0 aliphatic heterocycles. The molecule has 5 heteroatoms. The molecule has 0 spiro atoms. The standard InChI is InChI=1S/C11H11F3O2/c1-2-9(10(15)16)7-4-3-5-8(6-7)11(12,13)14/h3-6,9H,2H2,1H3,(H,15,16)/t9-/m1/s1. The third-order valence-electron chi connectivity index (χ3n) is 2.32. The first-order valence-corrected chi connectivity index (χ1v) is 4.76. The van der Waals surface area contributed by atoms with Crippen LogP contribution in [0.2, 0.25) is 0 Å². The molecular weight excluding hydrogens is 221 g/mol. The Morgan fingerprint density at radius 3 is 2.50 bits per heavy atom. The number of rotatable bonds is 3. The second-order valence-electron chi connectivity index (χ2n) is 3.42. The van der Waals surface area contributed by atoms with Crippen LogP contribution in [0.15, 0.2) is 24.3 Å². The van der Waals surface area contributed by atoms with E-state index in [4.69, 9.17) is 5.11 Å². The van der Waals surface area contributed by atoms with Crippen molar-refractivity contribution in [2.45, 2.75) is 25.4 Å². The zero-order valence-electron chi connectivity index (χ0n) is 8.58. The average molecular weight is 232 g/mol. The van der Waals surface area contributed by atoms with Crippen LogP contribution < -0.4 is 0 Å². The zero-order chi connectivity index (χ0) is 12.3. The first kappa shape index (κ1) is 12.5. The average Bonchev–Trinajstić information content (AvgIpc) is 2.17. The lowest BCUT2D eigenvalue weighted by molar-refractivity contribution is -0.140. The number of benzene rings is 1. The van der Waals surface area contributed by atoms with Gasteiger partial charge in [-0.1, -0.05) is 25.1 Å². The summed E-state index contributed by atoms with van der Waals surface area (Å²) < 4.78 is 37.2. The van der Waals surface area contributed by atoms with Crippen LogP contribution >= 0.6 is 0 Å². The second kappa shape index (κ2) is 4.55. The Hall–Kier alpha value is -1.52. The Kier molecular flexibility index (Phi) is 3.57. The summed E-state index contributed by atoms with van der Waals surface area (Å²) in [4.78, 5) is 10.8. The molecule has 0 saturated carbocycles. The van der Waals surface area contributed by atoms with E-state index in [1.807, 2.05) is 0 Å². The van der Waals surface area contributed by atoms with Crippen molar-refractivity contribution in [3.05, 3.63) is 35.4 Å². The maximum absolute atomic E-state index is 12.4. The first-order valence-electron chi connectivity index (χ1n) is 4.76. The summed E-state index contributed by atoms with van der Waals surface area (Å²) in [6, 6.07) is 4.45. The van der Waals surface area contributed by atoms with Gasteiger partial charge in [0.05, 0.1) is 11.5 Å². The number of hydrogen-bond donors (Lipinski definition) is 1. The maximum Gasteiger partial charge on any atom is 0.416 e. The number of carboxylic acids is 1. The topological polar surface area (TPSA) is 37.3 Å². The summed E-state index contributed by atoms with van der Waals surface area (Å²) in [6.07, 6.45) is -4.18. The predicted octanol–water partition coefficient (Wildman–Crippen LogP) is 3.28. The van der Waals surface area contributed by atoms with Gasteiger partial charge < -0.3 is 5.11 Å². The van der Waals surface area contributed by atoms with E-state index in [2.05, 4.69) is 0 Å². The van der Waals surface area contributed by atoms with Gasteiger partial charge in [0.2, 0.25) is 0 Å². The summed E-state index contributed by atoms with van der Waals surface area (Å²) in [5.41, 5.74) is -0.630. The monoisotopic (exact) mass is 232 g/mol. The number of aliphatic carboxylic acids is 1. The molecule has 1 aromatic carbocycles. The Morgan fingerprint density at radius 1 is 1.44 bits per heavy atom. The molecule has 0 saturated heterocycles. The highest BCUT2D eigenvalue weighted by atomic mass is 19.4. The van der Waals surface area contributed by atoms with E-state index in [9.17, 15) is 18.0 Å². The SMILES string of the molecule is CC[C@@H](C(=O)O)c1cccc(C(F)(F)F)c1. The van der Waals surface area contributed by atoms with Crippen molar-refractivity contribution in [3.63, 3.8) is 0 Å². The van der Waals surface area contributed by atoms with Crippen LogP contribution in [0.4, 0.5) is 13.2 Å². The van der Waals surface area contributed by atoms with Crippen LogP contribution in [0, 0.1) is 0 Å². The van der Waals surface area contributed by atoms with Crippen LogP contribution in [0.25, 0.3) is 0 Å². The van der Waals surface area contributed by atoms with Crippen molar-refractivity contribution in [1.29, 1.82) is 0 Å². The number of hydrogen-bond acceptors (Lipinski definition) is 1. The molecule has 0 unspecified atom stereocenters. The molecule has 0 heterocycles. The molecule has 0 amide bonds. The molecule has 1 atom stereocenters. The molecule has 1 rings (SSSR count). The third-order valence-corrected chi connectivity index (χ3v) is 2.32. The number of carbonyl (C=O) groups is 1. The van der Waals surface area contributed by atoms with E-state index in [-0.39, 0.29) is 12.0 Å². The summed E-state index contributed by atoms with van der Waals surface area (Å²) in [5, 5.41) is 8.84. The summed E-state index contributed by atoms with van der Waals surface area (Å²) in [7, 11) is 0. The van der Waals surface area contributed by atoms with Gasteiger partial charge in [-0.25, -0.2) is 0 Å². The van der Waals surface area contributed by atoms with Gasteiger partial charge in [0.15, 0.2) is 0 Å². The lowest BCUT2D eigenvalue weighted by Crippen LogP contribution is -2.12. The molecule has 0 radical (unpaired) electrons. The van der Waals surface area contributed by atoms with Crippen LogP contribution in [-0.4, -0.2) is 11.1 Å². The summed E-state index contributed by atoms with van der Waals surface area (Å²) in [6.45, 7) is 1.62. The van der Waals surface area contributed by atoms with Crippen LogP contribution in [0.1, 0.15) is 30.4 Å². The summed E-state index contributed by atoms with van der Waals surface area (Å²) in [5.74, 6) is -2.00. The Bertz CT molecular complexity index is 385. The van der Waals surface area contributed by atoms with Gasteiger partial charge in [-0.2, -0.15) is 13.2 Å². The van der Waals surface area contributed by atoms with E-state index < -0.39 is 23.6 Å². The number of halogens is 3. The fourth-order valence-electron chi connectivity index (χ4n) is 1.48. The zero-order valence-corrected chi connectivity index (χ0v) is 8.58. The Labute approximate surface area is 90.7 Å². The third kappa shape index (κ3) is 2.74. The van der Waals surface area contributed by atoms with Gasteiger partial charge in [0, 0.05) is 0 Å². The first-order chi connectivity index (χ1) is 7.36. The molecule has 0 fully saturated rings. The lowest BCUT2D eigenvalue weighted by atomic mass is 9.95. The molecule has 0 aromatic heterocycles. The van der Waals surface area contributed by atoms with E-state index in [0.717, 1.165) is 12.1 Å². The fraction of sp³-hybridized carbons (Fsp3) is 0.364. The van der Waals surface area contributed by atoms with Crippen LogP contribution in [0.5, 0.6) is 0 Å². The van der Waals surface area contributed by atoms with Gasteiger partial charge >= 0.3 is 12.1 Å². The van der Waals surface area contributed by atoms with Gasteiger partial charge in [0.1, 0.15) is 0 Å². The smallest absolute Gasteiger partial charge is 0.416 e. The fourth-order valence-corrected chi connectivity index (χ4v) is 1.48. The van der Waals surface area contributed by atoms with Crippen LogP contribution in [0.3, 0.4) is 0 Å². The van der Waals surface area contributed by atoms with Crippen molar-refractivity contribution in [2.75, 3.05) is 0 Å². The minimum Gasteiger partial charge on any atom is -0.481 e. The van der Waals surface area contributed by atoms with Gasteiger partial charge in [-0.05, 0) is 18.1 Å². The van der Waals surface area contributed by atoms with Gasteiger partial charge in [-0.15, -0.1) is 0 Å². The highest BCUT2D eigenvalue weighted by molar-refractivity contribution is 5.76. The molecule has 0 aliphatic rings. The summed E-state index contributed by atoms with van der Waals surface area (Å²) >= 11 is 0. The maximum atomic E-state index is 12.4. The van der Waals surface area contributed by atoms with Gasteiger partial charge in [-0.3, -0.25) is 4.79 Å². The molecule has 16 heavy (non-hydrogen) atoms. The molecular formula is C11H11F3O2. The van der Waals surface area contributed by atoms with Crippen LogP contribution in [-0.2, 0) is 11.0 Å². The van der Waals surface area contributed by atoms with Crippen molar-refractivity contribution in [2.24, 2.45) is 0 Å². The Morgan fingerprint density at radius 2 is 2.06 bits per heavy atom. The highest BCUT2D eigenvalue weighted by Gasteiger charge is 2.31. The second-order valence-corrected chi connectivity index (χ2v) is 3.42. The molecule has 1 N–H and O–H groups in total. The molecule has 0 bridgehead atoms. The van der Waals surface area contributed by atoms with E-state index in [1.165, 1.54) is 12.1 Å². The molecule has 1 aromatic rings. The van der Waals surface area contributed by atoms with Crippen molar-refractivity contribution in [3.8, 4) is 0 Å². The lowest BCUT2D eigenvalue weighted by Gasteiger charge is -2.13. The normalized spacial score (nSPS) is 13.5. The quantitative estimate of drug-likeness (QED) is 0.868. The number of carboxylic acid groups (broad SMARTS) is 1. The molecule has 0 aliphatic carbocycles. The van der Waals surface area contributed by atoms with Crippen molar-refractivity contribution in [1.82, 2.24) is 0 Å². The molecule has 88 valence electrons. The predicted molar refractivity (Wildman–Crippen MR) is 52.1 cm³/mol. The van der Waals surface area contributed by atoms with E-state index in [1.54, 1.807) is 6.92 Å². The van der Waals surface area contributed by atoms with Crippen molar-refractivity contribution >= 4 is 5.97 Å². The van der Waals surface area contributed by atoms with Crippen molar-refractivity contribution < 1.29 is 23.1 Å². The number of alkyl halides is 3. The minimum atomic E-state index is -4.44. The minimum absolute atomic E-state index is 0.185. The highest BCUT2D eigenvalue weighted by Crippen LogP contribution is 2.31.